The largest absolute Gasteiger partial charge is 0.393 e. The molecule has 0 aliphatic rings. The Balaban J connectivity index is 2.00. The summed E-state index contributed by atoms with van der Waals surface area (Å²) in [6, 6.07) is 4.53. The molecule has 4 nitrogen and oxygen atoms in total. The molecule has 0 aliphatic heterocycles. The van der Waals surface area contributed by atoms with Crippen molar-refractivity contribution < 1.29 is 14.3 Å². The summed E-state index contributed by atoms with van der Waals surface area (Å²) in [5, 5.41) is 13.3. The van der Waals surface area contributed by atoms with Crippen LogP contribution in [-0.4, -0.2) is 28.6 Å². The van der Waals surface area contributed by atoms with E-state index < -0.39 is 6.10 Å². The third kappa shape index (κ3) is 3.85. The van der Waals surface area contributed by atoms with E-state index in [1.54, 1.807) is 6.07 Å². The first-order chi connectivity index (χ1) is 10.4. The molecule has 0 bridgehead atoms. The smallest absolute Gasteiger partial charge is 0.224 e. The predicted molar refractivity (Wildman–Crippen MR) is 85.2 cm³/mol. The molecule has 0 radical (unpaired) electrons. The van der Waals surface area contributed by atoms with Gasteiger partial charge in [0.1, 0.15) is 5.82 Å². The maximum absolute atomic E-state index is 13.4. The normalized spacial score (nSPS) is 12.8. The van der Waals surface area contributed by atoms with E-state index in [1.807, 2.05) is 20.8 Å². The molecule has 1 amide bonds. The molecule has 0 spiro atoms. The second-order valence-electron chi connectivity index (χ2n) is 6.05. The minimum Gasteiger partial charge on any atom is -0.393 e. The van der Waals surface area contributed by atoms with E-state index in [0.717, 1.165) is 22.2 Å². The van der Waals surface area contributed by atoms with Gasteiger partial charge in [0.05, 0.1) is 12.5 Å². The maximum atomic E-state index is 13.4. The van der Waals surface area contributed by atoms with E-state index in [2.05, 4.69) is 10.3 Å². The molecule has 1 heterocycles. The summed E-state index contributed by atoms with van der Waals surface area (Å²) in [7, 11) is 0. The Bertz CT molecular complexity index is 664. The number of hydrogen-bond donors (Lipinski definition) is 3. The Morgan fingerprint density at radius 1 is 1.41 bits per heavy atom. The number of aliphatic hydroxyl groups is 1. The van der Waals surface area contributed by atoms with Crippen LogP contribution < -0.4 is 5.32 Å². The fourth-order valence-electron chi connectivity index (χ4n) is 2.50. The number of carbonyl (C=O) groups is 1. The summed E-state index contributed by atoms with van der Waals surface area (Å²) >= 11 is 0. The average molecular weight is 306 g/mol. The summed E-state index contributed by atoms with van der Waals surface area (Å²) in [6.07, 6.45) is 0.321. The highest BCUT2D eigenvalue weighted by Gasteiger charge is 2.14. The number of nitrogens with one attached hydrogen (secondary N) is 2. The van der Waals surface area contributed by atoms with E-state index >= 15 is 0 Å². The molecular weight excluding hydrogens is 283 g/mol. The van der Waals surface area contributed by atoms with Gasteiger partial charge in [-0.25, -0.2) is 4.39 Å². The SMILES string of the molecule is Cc1[nH]c2ccc(F)cc2c1CC(=O)NCCC(O)C(C)C. The summed E-state index contributed by atoms with van der Waals surface area (Å²) < 4.78 is 13.4. The van der Waals surface area contributed by atoms with Gasteiger partial charge in [0.15, 0.2) is 0 Å². The standard InChI is InChI=1S/C17H23FN2O2/c1-10(2)16(21)6-7-19-17(22)9-13-11(3)20-15-5-4-12(18)8-14(13)15/h4-5,8,10,16,20-21H,6-7,9H2,1-3H3,(H,19,22). The quantitative estimate of drug-likeness (QED) is 0.768. The van der Waals surface area contributed by atoms with Crippen LogP contribution in [0.2, 0.25) is 0 Å². The summed E-state index contributed by atoms with van der Waals surface area (Å²) in [5.41, 5.74) is 2.52. The molecule has 1 atom stereocenters. The van der Waals surface area contributed by atoms with Crippen molar-refractivity contribution in [2.45, 2.75) is 39.7 Å². The lowest BCUT2D eigenvalue weighted by molar-refractivity contribution is -0.120. The zero-order chi connectivity index (χ0) is 16.3. The van der Waals surface area contributed by atoms with E-state index in [0.29, 0.717) is 13.0 Å². The van der Waals surface area contributed by atoms with Gasteiger partial charge in [-0.05, 0) is 43.0 Å². The number of carbonyl (C=O) groups excluding carboxylic acids is 1. The fourth-order valence-corrected chi connectivity index (χ4v) is 2.50. The van der Waals surface area contributed by atoms with Crippen LogP contribution in [0.1, 0.15) is 31.5 Å². The average Bonchev–Trinajstić information content (AvgIpc) is 2.74. The number of benzene rings is 1. The van der Waals surface area contributed by atoms with Crippen LogP contribution >= 0.6 is 0 Å². The number of H-pyrrole nitrogens is 1. The van der Waals surface area contributed by atoms with Crippen molar-refractivity contribution in [2.75, 3.05) is 6.54 Å². The van der Waals surface area contributed by atoms with Gasteiger partial charge in [0.25, 0.3) is 0 Å². The highest BCUT2D eigenvalue weighted by molar-refractivity contribution is 5.90. The van der Waals surface area contributed by atoms with Crippen molar-refractivity contribution in [2.24, 2.45) is 5.92 Å². The molecule has 3 N–H and O–H groups in total. The Labute approximate surface area is 129 Å². The second kappa shape index (κ2) is 6.92. The van der Waals surface area contributed by atoms with Crippen LogP contribution in [0, 0.1) is 18.7 Å². The van der Waals surface area contributed by atoms with E-state index in [-0.39, 0.29) is 24.1 Å². The highest BCUT2D eigenvalue weighted by Crippen LogP contribution is 2.23. The van der Waals surface area contributed by atoms with Gasteiger partial charge >= 0.3 is 0 Å². The second-order valence-corrected chi connectivity index (χ2v) is 6.05. The van der Waals surface area contributed by atoms with Crippen LogP contribution in [0.3, 0.4) is 0 Å². The first kappa shape index (κ1) is 16.5. The molecule has 2 rings (SSSR count). The minimum atomic E-state index is -0.413. The van der Waals surface area contributed by atoms with E-state index in [4.69, 9.17) is 0 Å². The Morgan fingerprint density at radius 2 is 2.14 bits per heavy atom. The van der Waals surface area contributed by atoms with Crippen molar-refractivity contribution in [1.29, 1.82) is 0 Å². The number of amides is 1. The summed E-state index contributed by atoms with van der Waals surface area (Å²) in [5.74, 6) is -0.256. The van der Waals surface area contributed by atoms with Gasteiger partial charge in [0.2, 0.25) is 5.91 Å². The van der Waals surface area contributed by atoms with Crippen LogP contribution in [0.5, 0.6) is 0 Å². The van der Waals surface area contributed by atoms with Gasteiger partial charge in [-0.3, -0.25) is 4.79 Å². The molecule has 2 aromatic rings. The molecule has 1 aromatic carbocycles. The molecule has 120 valence electrons. The summed E-state index contributed by atoms with van der Waals surface area (Å²) in [4.78, 5) is 15.2. The molecule has 22 heavy (non-hydrogen) atoms. The number of aryl methyl sites for hydroxylation is 1. The Morgan fingerprint density at radius 3 is 2.82 bits per heavy atom. The molecule has 1 unspecified atom stereocenters. The lowest BCUT2D eigenvalue weighted by Gasteiger charge is -2.14. The molecule has 5 heteroatoms. The van der Waals surface area contributed by atoms with Crippen molar-refractivity contribution in [3.63, 3.8) is 0 Å². The third-order valence-corrected chi connectivity index (χ3v) is 3.95. The maximum Gasteiger partial charge on any atom is 0.224 e. The molecular formula is C17H23FN2O2. The van der Waals surface area contributed by atoms with Gasteiger partial charge in [-0.15, -0.1) is 0 Å². The topological polar surface area (TPSA) is 65.1 Å². The van der Waals surface area contributed by atoms with Crippen molar-refractivity contribution >= 4 is 16.8 Å². The zero-order valence-electron chi connectivity index (χ0n) is 13.2. The van der Waals surface area contributed by atoms with Crippen LogP contribution in [0.15, 0.2) is 18.2 Å². The minimum absolute atomic E-state index is 0.121. The Kier molecular flexibility index (Phi) is 5.19. The number of fused-ring (bicyclic) bond motifs is 1. The molecule has 0 aliphatic carbocycles. The number of aliphatic hydroxyl groups excluding tert-OH is 1. The van der Waals surface area contributed by atoms with Gasteiger partial charge in [-0.2, -0.15) is 0 Å². The van der Waals surface area contributed by atoms with Gasteiger partial charge in [-0.1, -0.05) is 13.8 Å². The van der Waals surface area contributed by atoms with Crippen LogP contribution in [-0.2, 0) is 11.2 Å². The lowest BCUT2D eigenvalue weighted by Crippen LogP contribution is -2.29. The first-order valence-corrected chi connectivity index (χ1v) is 7.60. The van der Waals surface area contributed by atoms with Crippen molar-refractivity contribution in [3.05, 3.63) is 35.3 Å². The van der Waals surface area contributed by atoms with Gasteiger partial charge < -0.3 is 15.4 Å². The highest BCUT2D eigenvalue weighted by atomic mass is 19.1. The third-order valence-electron chi connectivity index (χ3n) is 3.95. The number of rotatable bonds is 6. The first-order valence-electron chi connectivity index (χ1n) is 7.60. The fraction of sp³-hybridized carbons (Fsp3) is 0.471. The zero-order valence-corrected chi connectivity index (χ0v) is 13.2. The number of halogens is 1. The number of aromatic amines is 1. The lowest BCUT2D eigenvalue weighted by atomic mass is 10.0. The van der Waals surface area contributed by atoms with Crippen LogP contribution in [0.25, 0.3) is 10.9 Å². The Hall–Kier alpha value is -1.88. The van der Waals surface area contributed by atoms with Crippen LogP contribution in [0.4, 0.5) is 4.39 Å². The van der Waals surface area contributed by atoms with Crippen molar-refractivity contribution in [1.82, 2.24) is 10.3 Å². The van der Waals surface area contributed by atoms with E-state index in [1.165, 1.54) is 12.1 Å². The summed E-state index contributed by atoms with van der Waals surface area (Å²) in [6.45, 7) is 6.20. The predicted octanol–water partition coefficient (Wildman–Crippen LogP) is 2.68. The monoisotopic (exact) mass is 306 g/mol. The molecule has 0 fully saturated rings. The molecule has 0 saturated heterocycles. The van der Waals surface area contributed by atoms with E-state index in [9.17, 15) is 14.3 Å². The number of aromatic nitrogens is 1. The number of hydrogen-bond acceptors (Lipinski definition) is 2. The molecule has 1 aromatic heterocycles. The molecule has 0 saturated carbocycles. The van der Waals surface area contributed by atoms with Crippen molar-refractivity contribution in [3.8, 4) is 0 Å². The van der Waals surface area contributed by atoms with Gasteiger partial charge in [0, 0.05) is 23.1 Å².